The molecule has 0 spiro atoms. The van der Waals surface area contributed by atoms with Crippen LogP contribution in [0.1, 0.15) is 22.8 Å². The molecule has 0 unspecified atom stereocenters. The molecule has 5 heteroatoms. The molecule has 0 fully saturated rings. The minimum atomic E-state index is -0.386. The molecule has 0 aliphatic heterocycles. The van der Waals surface area contributed by atoms with E-state index in [1.807, 2.05) is 61.5 Å². The van der Waals surface area contributed by atoms with E-state index in [0.29, 0.717) is 23.7 Å². The Morgan fingerprint density at radius 3 is 2.19 bits per heavy atom. The third-order valence-electron chi connectivity index (χ3n) is 4.73. The van der Waals surface area contributed by atoms with Crippen molar-refractivity contribution < 1.29 is 13.9 Å². The Morgan fingerprint density at radius 2 is 1.55 bits per heavy atom. The average molecular weight is 493 g/mol. The van der Waals surface area contributed by atoms with Crippen molar-refractivity contribution in [1.29, 1.82) is 0 Å². The van der Waals surface area contributed by atoms with Crippen LogP contribution in [-0.2, 0) is 4.74 Å². The fourth-order valence-electron chi connectivity index (χ4n) is 3.21. The van der Waals surface area contributed by atoms with E-state index in [1.165, 1.54) is 17.3 Å². The summed E-state index contributed by atoms with van der Waals surface area (Å²) in [5, 5.41) is 0. The summed E-state index contributed by atoms with van der Waals surface area (Å²) in [5.74, 6) is 0.787. The van der Waals surface area contributed by atoms with Crippen molar-refractivity contribution in [2.45, 2.75) is 23.6 Å². The summed E-state index contributed by atoms with van der Waals surface area (Å²) in [6.07, 6.45) is 0. The zero-order valence-corrected chi connectivity index (χ0v) is 19.6. The lowest BCUT2D eigenvalue weighted by molar-refractivity contribution is 0.0523. The van der Waals surface area contributed by atoms with Crippen LogP contribution in [0.25, 0.3) is 22.6 Å². The molecule has 1 aromatic heterocycles. The van der Waals surface area contributed by atoms with Crippen LogP contribution >= 0.6 is 27.7 Å². The van der Waals surface area contributed by atoms with Gasteiger partial charge in [0.1, 0.15) is 11.3 Å². The van der Waals surface area contributed by atoms with E-state index in [2.05, 4.69) is 47.1 Å². The van der Waals surface area contributed by atoms with Crippen molar-refractivity contribution in [3.63, 3.8) is 0 Å². The van der Waals surface area contributed by atoms with Crippen LogP contribution < -0.4 is 0 Å². The van der Waals surface area contributed by atoms with Crippen LogP contribution in [0.15, 0.2) is 97.5 Å². The molecule has 3 nitrogen and oxygen atoms in total. The first-order chi connectivity index (χ1) is 15.1. The van der Waals surface area contributed by atoms with Crippen LogP contribution in [-0.4, -0.2) is 12.6 Å². The van der Waals surface area contributed by atoms with Crippen molar-refractivity contribution in [3.8, 4) is 22.6 Å². The highest BCUT2D eigenvalue weighted by atomic mass is 79.9. The smallest absolute Gasteiger partial charge is 0.343 e. The largest absolute Gasteiger partial charge is 0.462 e. The first kappa shape index (κ1) is 21.5. The highest BCUT2D eigenvalue weighted by Crippen LogP contribution is 2.45. The Hall–Kier alpha value is -2.76. The number of ether oxygens (including phenoxy) is 1. The number of rotatable bonds is 6. The molecule has 0 atom stereocenters. The summed E-state index contributed by atoms with van der Waals surface area (Å²) in [4.78, 5) is 14.9. The summed E-state index contributed by atoms with van der Waals surface area (Å²) >= 11 is 5.00. The van der Waals surface area contributed by atoms with Gasteiger partial charge in [0.05, 0.1) is 11.5 Å². The number of halogens is 1. The summed E-state index contributed by atoms with van der Waals surface area (Å²) in [5.41, 5.74) is 3.36. The van der Waals surface area contributed by atoms with E-state index < -0.39 is 0 Å². The van der Waals surface area contributed by atoms with E-state index in [9.17, 15) is 4.79 Å². The molecule has 4 rings (SSSR count). The van der Waals surface area contributed by atoms with E-state index in [0.717, 1.165) is 25.4 Å². The van der Waals surface area contributed by atoms with Gasteiger partial charge in [-0.1, -0.05) is 87.9 Å². The van der Waals surface area contributed by atoms with Gasteiger partial charge in [0.25, 0.3) is 0 Å². The van der Waals surface area contributed by atoms with Crippen molar-refractivity contribution in [2.75, 3.05) is 6.61 Å². The molecule has 0 N–H and O–H groups in total. The second-order valence-corrected chi connectivity index (χ2v) is 8.97. The topological polar surface area (TPSA) is 39.4 Å². The Bertz CT molecular complexity index is 1180. The van der Waals surface area contributed by atoms with Crippen LogP contribution in [0.3, 0.4) is 0 Å². The summed E-state index contributed by atoms with van der Waals surface area (Å²) in [7, 11) is 0. The second kappa shape index (κ2) is 9.58. The van der Waals surface area contributed by atoms with Crippen molar-refractivity contribution in [1.82, 2.24) is 0 Å². The van der Waals surface area contributed by atoms with E-state index in [-0.39, 0.29) is 5.97 Å². The summed E-state index contributed by atoms with van der Waals surface area (Å²) in [6.45, 7) is 4.15. The van der Waals surface area contributed by atoms with Gasteiger partial charge >= 0.3 is 5.97 Å². The number of benzene rings is 3. The van der Waals surface area contributed by atoms with Gasteiger partial charge in [-0.3, -0.25) is 0 Å². The Labute approximate surface area is 194 Å². The molecule has 156 valence electrons. The van der Waals surface area contributed by atoms with E-state index >= 15 is 0 Å². The number of hydrogen-bond donors (Lipinski definition) is 0. The number of carbonyl (C=O) groups is 1. The molecule has 31 heavy (non-hydrogen) atoms. The second-order valence-electron chi connectivity index (χ2n) is 6.97. The molecule has 0 amide bonds. The standard InChI is InChI=1S/C26H21BrO3S/c1-3-29-26(28)22-23(18-7-5-4-6-8-18)30-24(19-11-13-20(27)14-12-19)25(22)31-21-15-9-17(2)10-16-21/h4-16H,3H2,1-2H3. The SMILES string of the molecule is CCOC(=O)c1c(-c2ccccc2)oc(-c2ccc(Br)cc2)c1Sc1ccc(C)cc1. The van der Waals surface area contributed by atoms with Gasteiger partial charge in [-0.15, -0.1) is 0 Å². The molecule has 0 radical (unpaired) electrons. The normalized spacial score (nSPS) is 10.8. The molecule has 1 heterocycles. The molecular formula is C26H21BrO3S. The van der Waals surface area contributed by atoms with Crippen LogP contribution in [0.5, 0.6) is 0 Å². The minimum Gasteiger partial charge on any atom is -0.462 e. The highest BCUT2D eigenvalue weighted by molar-refractivity contribution is 9.10. The van der Waals surface area contributed by atoms with Crippen molar-refractivity contribution in [2.24, 2.45) is 0 Å². The van der Waals surface area contributed by atoms with Gasteiger partial charge in [0.2, 0.25) is 0 Å². The monoisotopic (exact) mass is 492 g/mol. The van der Waals surface area contributed by atoms with E-state index in [4.69, 9.17) is 9.15 Å². The fourth-order valence-corrected chi connectivity index (χ4v) is 4.51. The zero-order valence-electron chi connectivity index (χ0n) is 17.2. The lowest BCUT2D eigenvalue weighted by atomic mass is 10.1. The molecule has 3 aromatic carbocycles. The Balaban J connectivity index is 1.94. The summed E-state index contributed by atoms with van der Waals surface area (Å²) < 4.78 is 12.8. The molecule has 0 bridgehead atoms. The maximum Gasteiger partial charge on any atom is 0.343 e. The first-order valence-corrected chi connectivity index (χ1v) is 11.6. The van der Waals surface area contributed by atoms with Gasteiger partial charge in [-0.25, -0.2) is 4.79 Å². The lowest BCUT2D eigenvalue weighted by Gasteiger charge is -2.07. The third-order valence-corrected chi connectivity index (χ3v) is 6.36. The van der Waals surface area contributed by atoms with Gasteiger partial charge in [0, 0.05) is 20.5 Å². The molecule has 4 aromatic rings. The average Bonchev–Trinajstić information content (AvgIpc) is 3.16. The molecule has 0 saturated heterocycles. The number of carbonyl (C=O) groups excluding carboxylic acids is 1. The van der Waals surface area contributed by atoms with Gasteiger partial charge in [-0.2, -0.15) is 0 Å². The quantitative estimate of drug-likeness (QED) is 0.255. The molecular weight excluding hydrogens is 472 g/mol. The number of esters is 1. The molecule has 0 aliphatic carbocycles. The minimum absolute atomic E-state index is 0.292. The highest BCUT2D eigenvalue weighted by Gasteiger charge is 2.29. The van der Waals surface area contributed by atoms with Crippen molar-refractivity contribution >= 4 is 33.7 Å². The number of hydrogen-bond acceptors (Lipinski definition) is 4. The van der Waals surface area contributed by atoms with E-state index in [1.54, 1.807) is 0 Å². The third kappa shape index (κ3) is 4.78. The Kier molecular flexibility index (Phi) is 6.64. The zero-order chi connectivity index (χ0) is 21.8. The van der Waals surface area contributed by atoms with Crippen LogP contribution in [0.4, 0.5) is 0 Å². The van der Waals surface area contributed by atoms with Crippen molar-refractivity contribution in [3.05, 3.63) is 94.5 Å². The summed E-state index contributed by atoms with van der Waals surface area (Å²) in [6, 6.07) is 25.8. The maximum absolute atomic E-state index is 13.1. The van der Waals surface area contributed by atoms with Crippen LogP contribution in [0, 0.1) is 6.92 Å². The van der Waals surface area contributed by atoms with Gasteiger partial charge in [0.15, 0.2) is 5.76 Å². The predicted molar refractivity (Wildman–Crippen MR) is 129 cm³/mol. The number of aryl methyl sites for hydroxylation is 1. The lowest BCUT2D eigenvalue weighted by Crippen LogP contribution is -2.06. The fraction of sp³-hybridized carbons (Fsp3) is 0.115. The first-order valence-electron chi connectivity index (χ1n) is 9.96. The van der Waals surface area contributed by atoms with Gasteiger partial charge in [-0.05, 0) is 38.1 Å². The Morgan fingerprint density at radius 1 is 0.903 bits per heavy atom. The maximum atomic E-state index is 13.1. The number of furan rings is 1. The molecule has 0 saturated carbocycles. The van der Waals surface area contributed by atoms with Crippen LogP contribution in [0.2, 0.25) is 0 Å². The predicted octanol–water partition coefficient (Wildman–Crippen LogP) is 8.01. The van der Waals surface area contributed by atoms with Gasteiger partial charge < -0.3 is 9.15 Å². The molecule has 0 aliphatic rings.